The molecule has 4 heteroatoms. The number of para-hydroxylation sites is 1. The van der Waals surface area contributed by atoms with Crippen LogP contribution in [0.2, 0.25) is 0 Å². The summed E-state index contributed by atoms with van der Waals surface area (Å²) >= 11 is 6.16. The highest BCUT2D eigenvalue weighted by atomic mass is 35.5. The van der Waals surface area contributed by atoms with Crippen molar-refractivity contribution in [3.8, 4) is 0 Å². The molecule has 0 spiro atoms. The molecule has 1 aromatic carbocycles. The van der Waals surface area contributed by atoms with Crippen LogP contribution in [-0.4, -0.2) is 33.1 Å². The molecule has 2 aromatic rings. The van der Waals surface area contributed by atoms with Gasteiger partial charge in [-0.1, -0.05) is 18.2 Å². The lowest BCUT2D eigenvalue weighted by molar-refractivity contribution is 0.327. The number of alkyl halides is 1. The van der Waals surface area contributed by atoms with E-state index in [1.807, 2.05) is 0 Å². The van der Waals surface area contributed by atoms with E-state index in [0.29, 0.717) is 5.38 Å². The van der Waals surface area contributed by atoms with Crippen LogP contribution in [0.3, 0.4) is 0 Å². The van der Waals surface area contributed by atoms with Gasteiger partial charge in [-0.05, 0) is 19.4 Å². The lowest BCUT2D eigenvalue weighted by Crippen LogP contribution is -2.20. The SMILES string of the molecule is CCn1nc(CN2CCC(Cl)C2)c2ccccc21. The number of benzene rings is 1. The van der Waals surface area contributed by atoms with Crippen LogP contribution in [0.5, 0.6) is 0 Å². The fraction of sp³-hybridized carbons (Fsp3) is 0.500. The van der Waals surface area contributed by atoms with Crippen LogP contribution in [0.25, 0.3) is 10.9 Å². The Balaban J connectivity index is 1.92. The molecule has 2 heterocycles. The molecule has 3 nitrogen and oxygen atoms in total. The predicted molar refractivity (Wildman–Crippen MR) is 74.9 cm³/mol. The predicted octanol–water partition coefficient (Wildman–Crippen LogP) is 2.87. The minimum Gasteiger partial charge on any atom is -0.296 e. The first-order chi connectivity index (χ1) is 8.78. The van der Waals surface area contributed by atoms with E-state index in [-0.39, 0.29) is 0 Å². The first-order valence-electron chi connectivity index (χ1n) is 6.58. The average Bonchev–Trinajstić information content (AvgIpc) is 2.95. The normalized spacial score (nSPS) is 20.9. The molecule has 0 bridgehead atoms. The minimum absolute atomic E-state index is 0.310. The summed E-state index contributed by atoms with van der Waals surface area (Å²) in [4.78, 5) is 2.40. The summed E-state index contributed by atoms with van der Waals surface area (Å²) in [5, 5.41) is 6.31. The molecular formula is C14H18ClN3. The fourth-order valence-electron chi connectivity index (χ4n) is 2.69. The maximum Gasteiger partial charge on any atom is 0.0843 e. The second-order valence-electron chi connectivity index (χ2n) is 4.90. The second-order valence-corrected chi connectivity index (χ2v) is 5.52. The van der Waals surface area contributed by atoms with Gasteiger partial charge in [0.25, 0.3) is 0 Å². The van der Waals surface area contributed by atoms with Gasteiger partial charge >= 0.3 is 0 Å². The Bertz CT molecular complexity index is 549. The van der Waals surface area contributed by atoms with Gasteiger partial charge in [0.1, 0.15) is 0 Å². The molecule has 1 unspecified atom stereocenters. The van der Waals surface area contributed by atoms with Crippen LogP contribution in [0.1, 0.15) is 19.0 Å². The van der Waals surface area contributed by atoms with Crippen molar-refractivity contribution >= 4 is 22.5 Å². The molecule has 1 fully saturated rings. The zero-order valence-electron chi connectivity index (χ0n) is 10.6. The van der Waals surface area contributed by atoms with Crippen LogP contribution in [-0.2, 0) is 13.1 Å². The van der Waals surface area contributed by atoms with Crippen molar-refractivity contribution in [1.82, 2.24) is 14.7 Å². The van der Waals surface area contributed by atoms with Crippen molar-refractivity contribution in [1.29, 1.82) is 0 Å². The lowest BCUT2D eigenvalue weighted by atomic mass is 10.2. The smallest absolute Gasteiger partial charge is 0.0843 e. The zero-order valence-corrected chi connectivity index (χ0v) is 11.4. The maximum absolute atomic E-state index is 6.16. The van der Waals surface area contributed by atoms with Crippen LogP contribution in [0, 0.1) is 0 Å². The standard InChI is InChI=1S/C14H18ClN3/c1-2-18-14-6-4-3-5-12(14)13(16-18)10-17-8-7-11(15)9-17/h3-6,11H,2,7-10H2,1H3. The number of hydrogen-bond donors (Lipinski definition) is 0. The second kappa shape index (κ2) is 4.90. The van der Waals surface area contributed by atoms with E-state index in [9.17, 15) is 0 Å². The molecule has 1 saturated heterocycles. The molecule has 0 amide bonds. The van der Waals surface area contributed by atoms with E-state index in [4.69, 9.17) is 16.7 Å². The van der Waals surface area contributed by atoms with Gasteiger partial charge in [0.05, 0.1) is 11.2 Å². The number of halogens is 1. The molecular weight excluding hydrogens is 246 g/mol. The van der Waals surface area contributed by atoms with Gasteiger partial charge in [-0.25, -0.2) is 0 Å². The molecule has 1 aliphatic rings. The van der Waals surface area contributed by atoms with E-state index in [2.05, 4.69) is 40.8 Å². The van der Waals surface area contributed by atoms with Gasteiger partial charge in [-0.15, -0.1) is 11.6 Å². The Kier molecular flexibility index (Phi) is 3.27. The fourth-order valence-corrected chi connectivity index (χ4v) is 2.99. The minimum atomic E-state index is 0.310. The van der Waals surface area contributed by atoms with Gasteiger partial charge in [0.15, 0.2) is 0 Å². The first kappa shape index (κ1) is 12.0. The van der Waals surface area contributed by atoms with E-state index in [0.717, 1.165) is 32.6 Å². The Morgan fingerprint density at radius 1 is 1.39 bits per heavy atom. The first-order valence-corrected chi connectivity index (χ1v) is 7.02. The Morgan fingerprint density at radius 2 is 2.22 bits per heavy atom. The van der Waals surface area contributed by atoms with E-state index < -0.39 is 0 Å². The zero-order chi connectivity index (χ0) is 12.5. The quantitative estimate of drug-likeness (QED) is 0.794. The number of rotatable bonds is 3. The highest BCUT2D eigenvalue weighted by Gasteiger charge is 2.22. The largest absolute Gasteiger partial charge is 0.296 e. The molecule has 1 atom stereocenters. The summed E-state index contributed by atoms with van der Waals surface area (Å²) in [5.74, 6) is 0. The van der Waals surface area contributed by atoms with Crippen LogP contribution in [0.4, 0.5) is 0 Å². The number of fused-ring (bicyclic) bond motifs is 1. The number of aryl methyl sites for hydroxylation is 1. The number of likely N-dealkylation sites (tertiary alicyclic amines) is 1. The van der Waals surface area contributed by atoms with E-state index >= 15 is 0 Å². The number of hydrogen-bond acceptors (Lipinski definition) is 2. The summed E-state index contributed by atoms with van der Waals surface area (Å²) in [7, 11) is 0. The third-order valence-electron chi connectivity index (χ3n) is 3.62. The average molecular weight is 264 g/mol. The van der Waals surface area contributed by atoms with Crippen LogP contribution < -0.4 is 0 Å². The van der Waals surface area contributed by atoms with Crippen molar-refractivity contribution in [3.05, 3.63) is 30.0 Å². The summed E-state index contributed by atoms with van der Waals surface area (Å²) in [6.45, 7) is 6.03. The molecule has 18 heavy (non-hydrogen) atoms. The summed E-state index contributed by atoms with van der Waals surface area (Å²) < 4.78 is 2.08. The van der Waals surface area contributed by atoms with Crippen molar-refractivity contribution in [2.24, 2.45) is 0 Å². The van der Waals surface area contributed by atoms with Crippen LogP contribution >= 0.6 is 11.6 Å². The van der Waals surface area contributed by atoms with Gasteiger partial charge < -0.3 is 0 Å². The molecule has 3 rings (SSSR count). The monoisotopic (exact) mass is 263 g/mol. The topological polar surface area (TPSA) is 21.1 Å². The molecule has 1 aliphatic heterocycles. The Morgan fingerprint density at radius 3 is 2.94 bits per heavy atom. The summed E-state index contributed by atoms with van der Waals surface area (Å²) in [5.41, 5.74) is 2.41. The third kappa shape index (κ3) is 2.13. The van der Waals surface area contributed by atoms with Crippen molar-refractivity contribution in [3.63, 3.8) is 0 Å². The Hall–Kier alpha value is -1.06. The lowest BCUT2D eigenvalue weighted by Gasteiger charge is -2.12. The molecule has 0 aliphatic carbocycles. The molecule has 0 saturated carbocycles. The van der Waals surface area contributed by atoms with Crippen molar-refractivity contribution in [2.75, 3.05) is 13.1 Å². The molecule has 0 N–H and O–H groups in total. The highest BCUT2D eigenvalue weighted by Crippen LogP contribution is 2.22. The third-order valence-corrected chi connectivity index (χ3v) is 3.98. The molecule has 96 valence electrons. The van der Waals surface area contributed by atoms with Crippen LogP contribution in [0.15, 0.2) is 24.3 Å². The van der Waals surface area contributed by atoms with Crippen molar-refractivity contribution in [2.45, 2.75) is 31.8 Å². The summed E-state index contributed by atoms with van der Waals surface area (Å²) in [6.07, 6.45) is 1.09. The van der Waals surface area contributed by atoms with E-state index in [1.165, 1.54) is 16.6 Å². The summed E-state index contributed by atoms with van der Waals surface area (Å²) in [6, 6.07) is 8.47. The molecule has 0 radical (unpaired) electrons. The number of nitrogens with zero attached hydrogens (tertiary/aromatic N) is 3. The van der Waals surface area contributed by atoms with E-state index in [1.54, 1.807) is 0 Å². The highest BCUT2D eigenvalue weighted by molar-refractivity contribution is 6.20. The maximum atomic E-state index is 6.16. The van der Waals surface area contributed by atoms with Gasteiger partial charge in [-0.3, -0.25) is 9.58 Å². The van der Waals surface area contributed by atoms with Crippen molar-refractivity contribution < 1.29 is 0 Å². The van der Waals surface area contributed by atoms with Gasteiger partial charge in [-0.2, -0.15) is 5.10 Å². The van der Waals surface area contributed by atoms with Gasteiger partial charge in [0.2, 0.25) is 0 Å². The number of aromatic nitrogens is 2. The molecule has 1 aromatic heterocycles. The Labute approximate surface area is 112 Å². The van der Waals surface area contributed by atoms with Gasteiger partial charge in [0, 0.05) is 36.9 Å².